The molecule has 0 aliphatic carbocycles. The minimum Gasteiger partial charge on any atom is -0.350 e. The molecule has 0 saturated heterocycles. The average Bonchev–Trinajstić information content (AvgIpc) is 3.21. The number of aryl methyl sites for hydroxylation is 2. The van der Waals surface area contributed by atoms with Crippen LogP contribution in [-0.2, 0) is 17.9 Å². The second-order valence-corrected chi connectivity index (χ2v) is 5.84. The van der Waals surface area contributed by atoms with Crippen molar-refractivity contribution in [3.05, 3.63) is 47.6 Å². The van der Waals surface area contributed by atoms with Gasteiger partial charge in [-0.25, -0.2) is 4.98 Å². The van der Waals surface area contributed by atoms with Crippen LogP contribution in [0.25, 0.3) is 10.7 Å². The molecule has 0 aliphatic rings. The Hall–Kier alpha value is -2.61. The van der Waals surface area contributed by atoms with Gasteiger partial charge in [0.1, 0.15) is 10.7 Å². The first-order valence-electron chi connectivity index (χ1n) is 7.18. The van der Waals surface area contributed by atoms with Crippen LogP contribution in [0.1, 0.15) is 17.8 Å². The monoisotopic (exact) mass is 328 g/mol. The molecule has 1 N–H and O–H groups in total. The molecule has 0 atom stereocenters. The maximum Gasteiger partial charge on any atom is 0.222 e. The summed E-state index contributed by atoms with van der Waals surface area (Å²) in [6.07, 6.45) is 7.19. The highest BCUT2D eigenvalue weighted by Gasteiger charge is 2.08. The van der Waals surface area contributed by atoms with Gasteiger partial charge in [0.2, 0.25) is 5.91 Å². The Balaban J connectivity index is 1.48. The van der Waals surface area contributed by atoms with Crippen molar-refractivity contribution in [2.45, 2.75) is 26.4 Å². The number of nitrogens with zero attached hydrogens (tertiary/aromatic N) is 5. The first kappa shape index (κ1) is 15.3. The van der Waals surface area contributed by atoms with Crippen molar-refractivity contribution in [2.24, 2.45) is 0 Å². The van der Waals surface area contributed by atoms with E-state index in [1.165, 1.54) is 11.3 Å². The van der Waals surface area contributed by atoms with E-state index >= 15 is 0 Å². The highest BCUT2D eigenvalue weighted by atomic mass is 32.1. The van der Waals surface area contributed by atoms with E-state index in [1.807, 2.05) is 24.6 Å². The van der Waals surface area contributed by atoms with Crippen LogP contribution in [0.4, 0.5) is 0 Å². The Labute approximate surface area is 137 Å². The van der Waals surface area contributed by atoms with Gasteiger partial charge >= 0.3 is 0 Å². The molecule has 0 aromatic carbocycles. The number of hydrogen-bond donors (Lipinski definition) is 1. The average molecular weight is 328 g/mol. The second kappa shape index (κ2) is 7.10. The quantitative estimate of drug-likeness (QED) is 0.746. The molecule has 8 heteroatoms. The third-order valence-electron chi connectivity index (χ3n) is 3.14. The molecule has 0 saturated carbocycles. The summed E-state index contributed by atoms with van der Waals surface area (Å²) < 4.78 is 1.77. The van der Waals surface area contributed by atoms with Gasteiger partial charge in [0.15, 0.2) is 0 Å². The van der Waals surface area contributed by atoms with Crippen LogP contribution in [0.15, 0.2) is 36.2 Å². The van der Waals surface area contributed by atoms with Gasteiger partial charge in [0.05, 0.1) is 24.1 Å². The molecule has 3 rings (SSSR count). The molecule has 3 aromatic heterocycles. The van der Waals surface area contributed by atoms with E-state index < -0.39 is 0 Å². The molecule has 7 nitrogen and oxygen atoms in total. The van der Waals surface area contributed by atoms with E-state index in [1.54, 1.807) is 23.3 Å². The lowest BCUT2D eigenvalue weighted by molar-refractivity contribution is -0.121. The standard InChI is InChI=1S/C15H16N6OS/c1-11-2-6-21(20-11)7-3-14(22)18-8-12-10-23-15(19-12)13-9-16-4-5-17-13/h2,4-6,9-10H,3,7-8H2,1H3,(H,18,22). The molecule has 3 heterocycles. The number of rotatable bonds is 6. The molecule has 23 heavy (non-hydrogen) atoms. The van der Waals surface area contributed by atoms with Crippen LogP contribution >= 0.6 is 11.3 Å². The minimum atomic E-state index is -0.0211. The predicted molar refractivity (Wildman–Crippen MR) is 86.6 cm³/mol. The van der Waals surface area contributed by atoms with E-state index in [9.17, 15) is 4.79 Å². The summed E-state index contributed by atoms with van der Waals surface area (Å²) in [6.45, 7) is 2.91. The summed E-state index contributed by atoms with van der Waals surface area (Å²) in [6, 6.07) is 1.92. The lowest BCUT2D eigenvalue weighted by Gasteiger charge is -2.03. The smallest absolute Gasteiger partial charge is 0.222 e. The fourth-order valence-electron chi connectivity index (χ4n) is 2.00. The zero-order chi connectivity index (χ0) is 16.1. The summed E-state index contributed by atoms with van der Waals surface area (Å²) in [7, 11) is 0. The Bertz CT molecular complexity index is 782. The number of amides is 1. The number of carbonyl (C=O) groups is 1. The summed E-state index contributed by atoms with van der Waals surface area (Å²) in [5.41, 5.74) is 2.51. The topological polar surface area (TPSA) is 85.6 Å². The van der Waals surface area contributed by atoms with Crippen molar-refractivity contribution in [3.63, 3.8) is 0 Å². The van der Waals surface area contributed by atoms with Crippen molar-refractivity contribution in [1.29, 1.82) is 0 Å². The van der Waals surface area contributed by atoms with Gasteiger partial charge < -0.3 is 5.32 Å². The van der Waals surface area contributed by atoms with Crippen molar-refractivity contribution in [2.75, 3.05) is 0 Å². The van der Waals surface area contributed by atoms with Crippen LogP contribution in [0, 0.1) is 6.92 Å². The molecular weight excluding hydrogens is 312 g/mol. The summed E-state index contributed by atoms with van der Waals surface area (Å²) in [5.74, 6) is -0.0211. The van der Waals surface area contributed by atoms with Gasteiger partial charge in [-0.1, -0.05) is 0 Å². The van der Waals surface area contributed by atoms with Gasteiger partial charge in [-0.2, -0.15) is 5.10 Å². The number of nitrogens with one attached hydrogen (secondary N) is 1. The highest BCUT2D eigenvalue weighted by molar-refractivity contribution is 7.13. The Morgan fingerprint density at radius 1 is 1.39 bits per heavy atom. The third kappa shape index (κ3) is 4.19. The minimum absolute atomic E-state index is 0.0211. The summed E-state index contributed by atoms with van der Waals surface area (Å²) in [4.78, 5) is 24.6. The van der Waals surface area contributed by atoms with Crippen LogP contribution < -0.4 is 5.32 Å². The molecule has 1 amide bonds. The highest BCUT2D eigenvalue weighted by Crippen LogP contribution is 2.20. The van der Waals surface area contributed by atoms with Crippen LogP contribution in [-0.4, -0.2) is 30.6 Å². The van der Waals surface area contributed by atoms with Gasteiger partial charge in [-0.05, 0) is 13.0 Å². The van der Waals surface area contributed by atoms with E-state index in [4.69, 9.17) is 0 Å². The number of carbonyl (C=O) groups excluding carboxylic acids is 1. The predicted octanol–water partition coefficient (Wildman–Crippen LogP) is 1.81. The lowest BCUT2D eigenvalue weighted by atomic mass is 10.4. The molecule has 0 bridgehead atoms. The SMILES string of the molecule is Cc1ccn(CCC(=O)NCc2csc(-c3cnccn3)n2)n1. The van der Waals surface area contributed by atoms with Crippen molar-refractivity contribution >= 4 is 17.2 Å². The Morgan fingerprint density at radius 3 is 3.04 bits per heavy atom. The van der Waals surface area contributed by atoms with E-state index in [2.05, 4.69) is 25.4 Å². The molecule has 3 aromatic rings. The van der Waals surface area contributed by atoms with Gasteiger partial charge in [-0.15, -0.1) is 11.3 Å². The van der Waals surface area contributed by atoms with E-state index in [-0.39, 0.29) is 5.91 Å². The molecule has 118 valence electrons. The number of aromatic nitrogens is 5. The third-order valence-corrected chi connectivity index (χ3v) is 4.06. The molecule has 0 radical (unpaired) electrons. The van der Waals surface area contributed by atoms with Crippen LogP contribution in [0.2, 0.25) is 0 Å². The lowest BCUT2D eigenvalue weighted by Crippen LogP contribution is -2.24. The summed E-state index contributed by atoms with van der Waals surface area (Å²) in [5, 5.41) is 9.84. The van der Waals surface area contributed by atoms with Crippen molar-refractivity contribution in [1.82, 2.24) is 30.0 Å². The van der Waals surface area contributed by atoms with E-state index in [0.29, 0.717) is 19.5 Å². The fourth-order valence-corrected chi connectivity index (χ4v) is 2.78. The zero-order valence-electron chi connectivity index (χ0n) is 12.6. The van der Waals surface area contributed by atoms with Crippen molar-refractivity contribution < 1.29 is 4.79 Å². The first-order valence-corrected chi connectivity index (χ1v) is 8.06. The molecule has 0 spiro atoms. The number of hydrogen-bond acceptors (Lipinski definition) is 6. The molecule has 0 aliphatic heterocycles. The van der Waals surface area contributed by atoms with Crippen LogP contribution in [0.3, 0.4) is 0 Å². The van der Waals surface area contributed by atoms with Crippen LogP contribution in [0.5, 0.6) is 0 Å². The molecule has 0 unspecified atom stereocenters. The molecular formula is C15H16N6OS. The van der Waals surface area contributed by atoms with Crippen molar-refractivity contribution in [3.8, 4) is 10.7 Å². The van der Waals surface area contributed by atoms with Gasteiger partial charge in [-0.3, -0.25) is 19.4 Å². The first-order chi connectivity index (χ1) is 11.2. The second-order valence-electron chi connectivity index (χ2n) is 4.98. The van der Waals surface area contributed by atoms with Gasteiger partial charge in [0.25, 0.3) is 0 Å². The maximum atomic E-state index is 11.9. The Kier molecular flexibility index (Phi) is 4.72. The fraction of sp³-hybridized carbons (Fsp3) is 0.267. The maximum absolute atomic E-state index is 11.9. The summed E-state index contributed by atoms with van der Waals surface area (Å²) >= 11 is 1.49. The number of thiazole rings is 1. The largest absolute Gasteiger partial charge is 0.350 e. The normalized spacial score (nSPS) is 10.7. The Morgan fingerprint density at radius 2 is 2.30 bits per heavy atom. The van der Waals surface area contributed by atoms with Gasteiger partial charge in [0, 0.05) is 36.9 Å². The zero-order valence-corrected chi connectivity index (χ0v) is 13.5. The van der Waals surface area contributed by atoms with E-state index in [0.717, 1.165) is 22.1 Å². The molecule has 0 fully saturated rings.